The minimum atomic E-state index is -0.0574. The molecule has 0 saturated heterocycles. The maximum Gasteiger partial charge on any atom is 0.273 e. The fourth-order valence-corrected chi connectivity index (χ4v) is 1.57. The molecule has 0 aliphatic carbocycles. The molecule has 0 radical (unpaired) electrons. The number of nitrogen functional groups attached to an aromatic ring is 1. The van der Waals surface area contributed by atoms with Crippen LogP contribution in [0.3, 0.4) is 0 Å². The summed E-state index contributed by atoms with van der Waals surface area (Å²) in [6.07, 6.45) is 0.948. The van der Waals surface area contributed by atoms with Gasteiger partial charge in [-0.05, 0) is 24.5 Å². The highest BCUT2D eigenvalue weighted by Crippen LogP contribution is 2.13. The van der Waals surface area contributed by atoms with Crippen molar-refractivity contribution in [3.8, 4) is 0 Å². The minimum absolute atomic E-state index is 0.0574. The van der Waals surface area contributed by atoms with Gasteiger partial charge in [-0.3, -0.25) is 4.79 Å². The lowest BCUT2D eigenvalue weighted by molar-refractivity contribution is 0.597. The van der Waals surface area contributed by atoms with Crippen LogP contribution in [0.4, 0.5) is 5.69 Å². The van der Waals surface area contributed by atoms with Gasteiger partial charge in [0.05, 0.1) is 5.69 Å². The van der Waals surface area contributed by atoms with E-state index < -0.39 is 0 Å². The Morgan fingerprint density at radius 3 is 2.57 bits per heavy atom. The third kappa shape index (κ3) is 1.97. The largest absolute Gasteiger partial charge is 0.394 e. The molecule has 1 aromatic rings. The van der Waals surface area contributed by atoms with Crippen LogP contribution < -0.4 is 11.3 Å². The molecule has 78 valence electrons. The van der Waals surface area contributed by atoms with E-state index in [2.05, 4.69) is 20.8 Å². The van der Waals surface area contributed by atoms with E-state index in [1.54, 1.807) is 10.6 Å². The van der Waals surface area contributed by atoms with E-state index in [0.717, 1.165) is 18.7 Å². The second kappa shape index (κ2) is 4.31. The van der Waals surface area contributed by atoms with Gasteiger partial charge in [0.25, 0.3) is 5.56 Å². The highest BCUT2D eigenvalue weighted by atomic mass is 16.1. The number of rotatable bonds is 3. The molecule has 0 aliphatic rings. The van der Waals surface area contributed by atoms with E-state index in [-0.39, 0.29) is 5.56 Å². The zero-order valence-corrected chi connectivity index (χ0v) is 9.08. The van der Waals surface area contributed by atoms with Crippen molar-refractivity contribution in [1.29, 1.82) is 0 Å². The first kappa shape index (κ1) is 10.8. The Balaban J connectivity index is 3.30. The van der Waals surface area contributed by atoms with Crippen molar-refractivity contribution in [2.75, 3.05) is 5.73 Å². The molecule has 14 heavy (non-hydrogen) atoms. The summed E-state index contributed by atoms with van der Waals surface area (Å²) in [5.41, 5.74) is 6.93. The zero-order valence-electron chi connectivity index (χ0n) is 9.08. The van der Waals surface area contributed by atoms with Gasteiger partial charge in [-0.2, -0.15) is 0 Å². The monoisotopic (exact) mass is 194 g/mol. The Morgan fingerprint density at radius 2 is 2.07 bits per heavy atom. The maximum atomic E-state index is 11.7. The predicted octanol–water partition coefficient (Wildman–Crippen LogP) is 1.96. The number of nitrogens with zero attached hydrogens (tertiary/aromatic N) is 1. The molecule has 3 nitrogen and oxygen atoms in total. The molecule has 3 heteroatoms. The van der Waals surface area contributed by atoms with Crippen molar-refractivity contribution in [2.45, 2.75) is 39.7 Å². The van der Waals surface area contributed by atoms with Gasteiger partial charge in [-0.25, -0.2) is 0 Å². The number of pyridine rings is 1. The number of anilines is 1. The topological polar surface area (TPSA) is 48.0 Å². The maximum absolute atomic E-state index is 11.7. The second-order valence-electron chi connectivity index (χ2n) is 3.83. The summed E-state index contributed by atoms with van der Waals surface area (Å²) in [5.74, 6) is 0.356. The van der Waals surface area contributed by atoms with Crippen LogP contribution in [0.25, 0.3) is 0 Å². The van der Waals surface area contributed by atoms with Crippen molar-refractivity contribution in [3.63, 3.8) is 0 Å². The molecule has 0 saturated carbocycles. The Morgan fingerprint density at radius 1 is 1.43 bits per heavy atom. The second-order valence-corrected chi connectivity index (χ2v) is 3.83. The summed E-state index contributed by atoms with van der Waals surface area (Å²) in [5, 5.41) is 0. The van der Waals surface area contributed by atoms with Gasteiger partial charge in [-0.1, -0.05) is 20.8 Å². The Kier molecular flexibility index (Phi) is 3.33. The van der Waals surface area contributed by atoms with E-state index in [9.17, 15) is 4.79 Å². The van der Waals surface area contributed by atoms with Crippen molar-refractivity contribution in [3.05, 3.63) is 28.2 Å². The first-order valence-electron chi connectivity index (χ1n) is 5.07. The first-order valence-corrected chi connectivity index (χ1v) is 5.07. The van der Waals surface area contributed by atoms with Gasteiger partial charge >= 0.3 is 0 Å². The van der Waals surface area contributed by atoms with E-state index in [0.29, 0.717) is 11.6 Å². The van der Waals surface area contributed by atoms with E-state index in [1.165, 1.54) is 0 Å². The predicted molar refractivity (Wildman–Crippen MR) is 59.5 cm³/mol. The molecule has 1 heterocycles. The SMILES string of the molecule is CCCn1c(C(C)C)ccc(N)c1=O. The fraction of sp³-hybridized carbons (Fsp3) is 0.545. The van der Waals surface area contributed by atoms with Crippen LogP contribution >= 0.6 is 0 Å². The average Bonchev–Trinajstić information content (AvgIpc) is 2.13. The molecule has 0 aliphatic heterocycles. The third-order valence-electron chi connectivity index (χ3n) is 2.28. The van der Waals surface area contributed by atoms with Crippen LogP contribution in [-0.4, -0.2) is 4.57 Å². The average molecular weight is 194 g/mol. The van der Waals surface area contributed by atoms with E-state index in [1.807, 2.05) is 6.07 Å². The number of hydrogen-bond donors (Lipinski definition) is 1. The normalized spacial score (nSPS) is 10.9. The third-order valence-corrected chi connectivity index (χ3v) is 2.28. The lowest BCUT2D eigenvalue weighted by Crippen LogP contribution is -2.26. The molecular weight excluding hydrogens is 176 g/mol. The van der Waals surface area contributed by atoms with Gasteiger partial charge in [-0.15, -0.1) is 0 Å². The molecular formula is C11H18N2O. The molecule has 0 atom stereocenters. The van der Waals surface area contributed by atoms with Crippen LogP contribution in [-0.2, 0) is 6.54 Å². The summed E-state index contributed by atoms with van der Waals surface area (Å²) >= 11 is 0. The van der Waals surface area contributed by atoms with Gasteiger partial charge < -0.3 is 10.3 Å². The molecule has 0 bridgehead atoms. The summed E-state index contributed by atoms with van der Waals surface area (Å²) < 4.78 is 1.78. The summed E-state index contributed by atoms with van der Waals surface area (Å²) in [6.45, 7) is 6.96. The van der Waals surface area contributed by atoms with E-state index >= 15 is 0 Å². The highest BCUT2D eigenvalue weighted by molar-refractivity contribution is 5.36. The van der Waals surface area contributed by atoms with E-state index in [4.69, 9.17) is 5.73 Å². The first-order chi connectivity index (χ1) is 6.57. The Bertz CT molecular complexity index is 366. The quantitative estimate of drug-likeness (QED) is 0.799. The van der Waals surface area contributed by atoms with Crippen molar-refractivity contribution in [1.82, 2.24) is 4.57 Å². The molecule has 0 amide bonds. The highest BCUT2D eigenvalue weighted by Gasteiger charge is 2.08. The smallest absolute Gasteiger partial charge is 0.273 e. The van der Waals surface area contributed by atoms with Gasteiger partial charge in [0.2, 0.25) is 0 Å². The molecule has 0 aromatic carbocycles. The van der Waals surface area contributed by atoms with Crippen LogP contribution in [0.5, 0.6) is 0 Å². The molecule has 1 rings (SSSR count). The van der Waals surface area contributed by atoms with Crippen molar-refractivity contribution in [2.24, 2.45) is 0 Å². The number of nitrogens with two attached hydrogens (primary N) is 1. The molecule has 0 fully saturated rings. The van der Waals surface area contributed by atoms with Gasteiger partial charge in [0.15, 0.2) is 0 Å². The minimum Gasteiger partial charge on any atom is -0.394 e. The number of hydrogen-bond acceptors (Lipinski definition) is 2. The Hall–Kier alpha value is -1.25. The summed E-state index contributed by atoms with van der Waals surface area (Å²) in [4.78, 5) is 11.7. The summed E-state index contributed by atoms with van der Waals surface area (Å²) in [7, 11) is 0. The lowest BCUT2D eigenvalue weighted by atomic mass is 10.1. The van der Waals surface area contributed by atoms with Crippen molar-refractivity contribution >= 4 is 5.69 Å². The van der Waals surface area contributed by atoms with Crippen LogP contribution in [0.2, 0.25) is 0 Å². The molecule has 2 N–H and O–H groups in total. The molecule has 0 spiro atoms. The van der Waals surface area contributed by atoms with Crippen LogP contribution in [0, 0.1) is 0 Å². The number of aromatic nitrogens is 1. The molecule has 0 unspecified atom stereocenters. The summed E-state index contributed by atoms with van der Waals surface area (Å²) in [6, 6.07) is 3.64. The Labute approximate surface area is 84.6 Å². The van der Waals surface area contributed by atoms with Gasteiger partial charge in [0.1, 0.15) is 0 Å². The zero-order chi connectivity index (χ0) is 10.7. The fourth-order valence-electron chi connectivity index (χ4n) is 1.57. The van der Waals surface area contributed by atoms with Crippen LogP contribution in [0.1, 0.15) is 38.8 Å². The van der Waals surface area contributed by atoms with Gasteiger partial charge in [0, 0.05) is 12.2 Å². The lowest BCUT2D eigenvalue weighted by Gasteiger charge is -2.15. The van der Waals surface area contributed by atoms with Crippen molar-refractivity contribution < 1.29 is 0 Å². The standard InChI is InChI=1S/C11H18N2O/c1-4-7-13-10(8(2)3)6-5-9(12)11(13)14/h5-6,8H,4,7,12H2,1-3H3. The molecule has 1 aromatic heterocycles. The van der Waals surface area contributed by atoms with Crippen LogP contribution in [0.15, 0.2) is 16.9 Å².